The number of fused-ring (bicyclic) bond motifs is 2. The quantitative estimate of drug-likeness (QED) is 0.830. The highest BCUT2D eigenvalue weighted by molar-refractivity contribution is 5.76. The number of piperazine rings is 1. The van der Waals surface area contributed by atoms with Gasteiger partial charge < -0.3 is 14.8 Å². The van der Waals surface area contributed by atoms with Crippen LogP contribution in [0.1, 0.15) is 37.0 Å². The van der Waals surface area contributed by atoms with E-state index in [1.165, 1.54) is 28.8 Å². The molecule has 0 spiro atoms. The van der Waals surface area contributed by atoms with Crippen LogP contribution in [0.2, 0.25) is 0 Å². The van der Waals surface area contributed by atoms with Gasteiger partial charge in [0.05, 0.1) is 13.7 Å². The number of benzene rings is 2. The van der Waals surface area contributed by atoms with Crippen LogP contribution >= 0.6 is 0 Å². The molecule has 0 bridgehead atoms. The monoisotopic (exact) mass is 407 g/mol. The van der Waals surface area contributed by atoms with Crippen molar-refractivity contribution < 1.29 is 9.47 Å². The lowest BCUT2D eigenvalue weighted by molar-refractivity contribution is 0.0814. The van der Waals surface area contributed by atoms with E-state index in [9.17, 15) is 0 Å². The van der Waals surface area contributed by atoms with E-state index in [0.29, 0.717) is 6.04 Å². The van der Waals surface area contributed by atoms with Crippen LogP contribution in [0.3, 0.4) is 0 Å². The molecule has 1 N–H and O–H groups in total. The third kappa shape index (κ3) is 3.59. The van der Waals surface area contributed by atoms with E-state index >= 15 is 0 Å². The lowest BCUT2D eigenvalue weighted by Crippen LogP contribution is -2.50. The van der Waals surface area contributed by atoms with Gasteiger partial charge in [0.1, 0.15) is 5.75 Å². The molecule has 0 aromatic heterocycles. The fourth-order valence-electron chi connectivity index (χ4n) is 5.26. The number of ether oxygens (including phenoxy) is 2. The van der Waals surface area contributed by atoms with E-state index in [0.717, 1.165) is 57.4 Å². The molecule has 0 amide bonds. The van der Waals surface area contributed by atoms with Crippen molar-refractivity contribution in [3.05, 3.63) is 53.1 Å². The van der Waals surface area contributed by atoms with Gasteiger partial charge in [0.2, 0.25) is 0 Å². The van der Waals surface area contributed by atoms with Crippen LogP contribution < -0.4 is 10.1 Å². The van der Waals surface area contributed by atoms with Crippen molar-refractivity contribution in [1.29, 1.82) is 0 Å². The first-order valence-corrected chi connectivity index (χ1v) is 11.2. The zero-order valence-corrected chi connectivity index (χ0v) is 18.4. The fourth-order valence-corrected chi connectivity index (χ4v) is 5.26. The Hall–Kier alpha value is -2.08. The van der Waals surface area contributed by atoms with Gasteiger partial charge in [0.15, 0.2) is 0 Å². The lowest BCUT2D eigenvalue weighted by atomic mass is 9.74. The second kappa shape index (κ2) is 7.88. The molecule has 3 heterocycles. The smallest absolute Gasteiger partial charge is 0.120 e. The summed E-state index contributed by atoms with van der Waals surface area (Å²) in [7, 11) is 1.72. The summed E-state index contributed by atoms with van der Waals surface area (Å²) >= 11 is 0. The fraction of sp³-hybridized carbons (Fsp3) is 0.520. The van der Waals surface area contributed by atoms with Gasteiger partial charge in [0.25, 0.3) is 0 Å². The average Bonchev–Trinajstić information content (AvgIpc) is 3.29. The van der Waals surface area contributed by atoms with E-state index in [2.05, 4.69) is 65.4 Å². The van der Waals surface area contributed by atoms with Gasteiger partial charge in [-0.25, -0.2) is 0 Å². The van der Waals surface area contributed by atoms with Crippen LogP contribution in [0.5, 0.6) is 5.75 Å². The summed E-state index contributed by atoms with van der Waals surface area (Å²) < 4.78 is 11.0. The molecular formula is C25H33N3O2. The Kier molecular flexibility index (Phi) is 5.21. The Labute approximate surface area is 180 Å². The first-order valence-electron chi connectivity index (χ1n) is 11.2. The van der Waals surface area contributed by atoms with Crippen LogP contribution in [0.15, 0.2) is 36.4 Å². The van der Waals surface area contributed by atoms with Gasteiger partial charge in [-0.15, -0.1) is 0 Å². The Bertz CT molecular complexity index is 913. The maximum absolute atomic E-state index is 5.57. The summed E-state index contributed by atoms with van der Waals surface area (Å²) in [6.07, 6.45) is 1.19. The van der Waals surface area contributed by atoms with Crippen LogP contribution in [-0.2, 0) is 16.7 Å². The minimum Gasteiger partial charge on any atom is -0.497 e. The number of nitrogens with one attached hydrogen (secondary N) is 1. The third-order valence-corrected chi connectivity index (χ3v) is 7.16. The van der Waals surface area contributed by atoms with E-state index < -0.39 is 0 Å². The minimum atomic E-state index is -0.0423. The molecule has 2 saturated heterocycles. The lowest BCUT2D eigenvalue weighted by Gasteiger charge is -2.38. The van der Waals surface area contributed by atoms with Crippen molar-refractivity contribution in [3.8, 4) is 5.75 Å². The van der Waals surface area contributed by atoms with Crippen LogP contribution in [-0.4, -0.2) is 62.3 Å². The normalized spacial score (nSPS) is 23.5. The summed E-state index contributed by atoms with van der Waals surface area (Å²) in [5.41, 5.74) is 6.40. The Morgan fingerprint density at radius 2 is 1.87 bits per heavy atom. The zero-order chi connectivity index (χ0) is 20.7. The molecule has 1 atom stereocenters. The number of nitrogens with zero attached hydrogens (tertiary/aromatic N) is 2. The summed E-state index contributed by atoms with van der Waals surface area (Å²) in [6, 6.07) is 13.9. The predicted octanol–water partition coefficient (Wildman–Crippen LogP) is 3.98. The van der Waals surface area contributed by atoms with Crippen molar-refractivity contribution in [3.63, 3.8) is 0 Å². The molecule has 0 saturated carbocycles. The minimum absolute atomic E-state index is 0.0423. The second-order valence-electron chi connectivity index (χ2n) is 9.37. The summed E-state index contributed by atoms with van der Waals surface area (Å²) in [6.45, 7) is 12.1. The number of rotatable bonds is 4. The number of anilines is 2. The highest BCUT2D eigenvalue weighted by Crippen LogP contribution is 2.46. The van der Waals surface area contributed by atoms with E-state index in [1.54, 1.807) is 7.11 Å². The first-order chi connectivity index (χ1) is 14.5. The number of hydrogen-bond donors (Lipinski definition) is 1. The first kappa shape index (κ1) is 19.9. The van der Waals surface area contributed by atoms with Crippen LogP contribution in [0.25, 0.3) is 0 Å². The van der Waals surface area contributed by atoms with Gasteiger partial charge in [-0.05, 0) is 35.2 Å². The molecule has 2 aromatic carbocycles. The van der Waals surface area contributed by atoms with Crippen LogP contribution in [0, 0.1) is 0 Å². The van der Waals surface area contributed by atoms with E-state index in [1.807, 2.05) is 0 Å². The molecule has 3 aliphatic rings. The molecule has 2 aromatic rings. The Morgan fingerprint density at radius 3 is 2.60 bits per heavy atom. The maximum atomic E-state index is 5.57. The standard InChI is InChI=1S/C25H33N3O2/c1-25(2)21-6-5-20(29-3)15-24(21)26-23-7-4-18(14-22(23)25)16-27-9-11-28(12-10-27)19-8-13-30-17-19/h4-7,14-15,19,26H,8-13,16-17H2,1-3H3. The summed E-state index contributed by atoms with van der Waals surface area (Å²) in [5, 5.41) is 3.63. The maximum Gasteiger partial charge on any atom is 0.120 e. The SMILES string of the molecule is COc1ccc2c(c1)Nc1ccc(CN3CCN(C4CCOC4)CC3)cc1C2(C)C. The number of hydrogen-bond acceptors (Lipinski definition) is 5. The van der Waals surface area contributed by atoms with Crippen LogP contribution in [0.4, 0.5) is 11.4 Å². The molecule has 1 unspecified atom stereocenters. The van der Waals surface area contributed by atoms with Gasteiger partial charge in [-0.1, -0.05) is 32.0 Å². The zero-order valence-electron chi connectivity index (χ0n) is 18.4. The molecule has 5 nitrogen and oxygen atoms in total. The van der Waals surface area contributed by atoms with E-state index in [4.69, 9.17) is 9.47 Å². The molecule has 5 heteroatoms. The molecule has 30 heavy (non-hydrogen) atoms. The van der Waals surface area contributed by atoms with Crippen molar-refractivity contribution in [2.45, 2.75) is 38.3 Å². The summed E-state index contributed by atoms with van der Waals surface area (Å²) in [5.74, 6) is 0.889. The highest BCUT2D eigenvalue weighted by atomic mass is 16.5. The van der Waals surface area contributed by atoms with Crippen molar-refractivity contribution in [2.24, 2.45) is 0 Å². The summed E-state index contributed by atoms with van der Waals surface area (Å²) in [4.78, 5) is 5.21. The number of methoxy groups -OCH3 is 1. The molecule has 0 aliphatic carbocycles. The molecule has 2 fully saturated rings. The third-order valence-electron chi connectivity index (χ3n) is 7.16. The Balaban J connectivity index is 1.30. The largest absolute Gasteiger partial charge is 0.497 e. The Morgan fingerprint density at radius 1 is 1.03 bits per heavy atom. The molecule has 160 valence electrons. The van der Waals surface area contributed by atoms with Gasteiger partial charge in [-0.3, -0.25) is 9.80 Å². The molecule has 5 rings (SSSR count). The van der Waals surface area contributed by atoms with Crippen molar-refractivity contribution in [2.75, 3.05) is 51.8 Å². The average molecular weight is 408 g/mol. The topological polar surface area (TPSA) is 37.0 Å². The predicted molar refractivity (Wildman–Crippen MR) is 121 cm³/mol. The van der Waals surface area contributed by atoms with Crippen molar-refractivity contribution in [1.82, 2.24) is 9.80 Å². The van der Waals surface area contributed by atoms with E-state index in [-0.39, 0.29) is 5.41 Å². The van der Waals surface area contributed by atoms with Gasteiger partial charge in [0, 0.05) is 68.2 Å². The van der Waals surface area contributed by atoms with Crippen molar-refractivity contribution >= 4 is 11.4 Å². The molecular weight excluding hydrogens is 374 g/mol. The second-order valence-corrected chi connectivity index (χ2v) is 9.37. The molecule has 0 radical (unpaired) electrons. The highest BCUT2D eigenvalue weighted by Gasteiger charge is 2.33. The van der Waals surface area contributed by atoms with Gasteiger partial charge in [-0.2, -0.15) is 0 Å². The molecule has 3 aliphatic heterocycles. The van der Waals surface area contributed by atoms with Gasteiger partial charge >= 0.3 is 0 Å².